The molecule has 0 aliphatic carbocycles. The van der Waals surface area contributed by atoms with E-state index >= 15 is 0 Å². The van der Waals surface area contributed by atoms with E-state index < -0.39 is 33.1 Å². The molecule has 1 aromatic heterocycles. The highest BCUT2D eigenvalue weighted by molar-refractivity contribution is 8.01. The van der Waals surface area contributed by atoms with Gasteiger partial charge in [-0.3, -0.25) is 0 Å². The van der Waals surface area contributed by atoms with Crippen LogP contribution in [0.1, 0.15) is 62.3 Å². The molecule has 11 heteroatoms. The van der Waals surface area contributed by atoms with Gasteiger partial charge in [0.1, 0.15) is 11.2 Å². The number of nitrogens with one attached hydrogen (secondary N) is 1. The molecule has 0 bridgehead atoms. The van der Waals surface area contributed by atoms with Crippen LogP contribution >= 0.6 is 23.1 Å². The largest absolute Gasteiger partial charge is 0.456 e. The summed E-state index contributed by atoms with van der Waals surface area (Å²) in [5, 5.41) is 3.90. The number of benzene rings is 2. The van der Waals surface area contributed by atoms with E-state index in [1.54, 1.807) is 78.1 Å². The topological polar surface area (TPSA) is 111 Å². The first-order chi connectivity index (χ1) is 18.5. The molecule has 3 aromatic rings. The van der Waals surface area contributed by atoms with Gasteiger partial charge >= 0.3 is 12.1 Å². The first-order valence-electron chi connectivity index (χ1n) is 12.4. The first kappa shape index (κ1) is 31.4. The van der Waals surface area contributed by atoms with Gasteiger partial charge in [-0.2, -0.15) is 5.10 Å². The SMILES string of the molecule is CSc1sc(C=NNC(=O)OC(C)(C)C)cc1S(=O)(=O)c1cccc(-c2c(C)cccc2C(=O)OC(C)(C)C)c1. The molecule has 3 rings (SSSR count). The Hall–Kier alpha value is -3.15. The average Bonchev–Trinajstić information content (AvgIpc) is 3.26. The summed E-state index contributed by atoms with van der Waals surface area (Å²) in [6, 6.07) is 13.4. The van der Waals surface area contributed by atoms with E-state index in [0.29, 0.717) is 25.8 Å². The first-order valence-corrected chi connectivity index (χ1v) is 15.9. The fourth-order valence-corrected chi connectivity index (χ4v) is 7.66. The molecular weight excluding hydrogens is 569 g/mol. The van der Waals surface area contributed by atoms with Crippen LogP contribution in [0.15, 0.2) is 67.6 Å². The molecule has 0 unspecified atom stereocenters. The van der Waals surface area contributed by atoms with Gasteiger partial charge in [0, 0.05) is 4.88 Å². The monoisotopic (exact) mass is 602 g/mol. The average molecular weight is 603 g/mol. The fourth-order valence-electron chi connectivity index (χ4n) is 3.72. The van der Waals surface area contributed by atoms with Gasteiger partial charge in [-0.15, -0.1) is 23.1 Å². The zero-order valence-corrected chi connectivity index (χ0v) is 26.3. The van der Waals surface area contributed by atoms with Crippen molar-refractivity contribution in [2.45, 2.75) is 73.7 Å². The number of carbonyl (C=O) groups excluding carboxylic acids is 2. The third-order valence-corrected chi connectivity index (χ3v) is 9.47. The van der Waals surface area contributed by atoms with Crippen LogP contribution in [0, 0.1) is 6.92 Å². The van der Waals surface area contributed by atoms with E-state index in [-0.39, 0.29) is 9.79 Å². The van der Waals surface area contributed by atoms with Crippen molar-refractivity contribution in [3.63, 3.8) is 0 Å². The molecule has 8 nitrogen and oxygen atoms in total. The van der Waals surface area contributed by atoms with Crippen LogP contribution in [0.5, 0.6) is 0 Å². The van der Waals surface area contributed by atoms with Crippen molar-refractivity contribution in [1.29, 1.82) is 0 Å². The van der Waals surface area contributed by atoms with Crippen molar-refractivity contribution in [1.82, 2.24) is 5.43 Å². The molecule has 0 saturated carbocycles. The van der Waals surface area contributed by atoms with Crippen LogP contribution < -0.4 is 5.43 Å². The van der Waals surface area contributed by atoms with E-state index in [9.17, 15) is 18.0 Å². The van der Waals surface area contributed by atoms with Crippen LogP contribution in [0.3, 0.4) is 0 Å². The number of sulfone groups is 1. The van der Waals surface area contributed by atoms with Gasteiger partial charge in [-0.25, -0.2) is 23.4 Å². The van der Waals surface area contributed by atoms with Gasteiger partial charge in [-0.1, -0.05) is 24.3 Å². The molecule has 0 saturated heterocycles. The van der Waals surface area contributed by atoms with E-state index in [1.807, 2.05) is 13.0 Å². The van der Waals surface area contributed by atoms with Crippen molar-refractivity contribution in [3.8, 4) is 11.1 Å². The Morgan fingerprint density at radius 2 is 1.62 bits per heavy atom. The highest BCUT2D eigenvalue weighted by Crippen LogP contribution is 2.38. The number of rotatable bonds is 7. The summed E-state index contributed by atoms with van der Waals surface area (Å²) in [6.45, 7) is 12.5. The number of esters is 1. The lowest BCUT2D eigenvalue weighted by Crippen LogP contribution is -2.29. The third-order valence-electron chi connectivity index (χ3n) is 5.23. The molecule has 1 amide bonds. The number of thiophene rings is 1. The van der Waals surface area contributed by atoms with Crippen LogP contribution in [-0.4, -0.2) is 44.2 Å². The van der Waals surface area contributed by atoms with Crippen LogP contribution in [0.4, 0.5) is 4.79 Å². The highest BCUT2D eigenvalue weighted by atomic mass is 32.2. The minimum Gasteiger partial charge on any atom is -0.456 e. The predicted molar refractivity (Wildman–Crippen MR) is 160 cm³/mol. The van der Waals surface area contributed by atoms with Crippen molar-refractivity contribution < 1.29 is 27.5 Å². The van der Waals surface area contributed by atoms with Crippen LogP contribution in [0.25, 0.3) is 11.1 Å². The van der Waals surface area contributed by atoms with E-state index in [1.165, 1.54) is 41.4 Å². The van der Waals surface area contributed by atoms with Gasteiger partial charge in [0.05, 0.1) is 25.8 Å². The summed E-state index contributed by atoms with van der Waals surface area (Å²) in [4.78, 5) is 25.6. The molecule has 214 valence electrons. The van der Waals surface area contributed by atoms with E-state index in [4.69, 9.17) is 9.47 Å². The zero-order valence-electron chi connectivity index (χ0n) is 23.8. The molecule has 1 N–H and O–H groups in total. The quantitative estimate of drug-likeness (QED) is 0.133. The Labute approximate surface area is 244 Å². The summed E-state index contributed by atoms with van der Waals surface area (Å²) < 4.78 is 39.0. The second-order valence-corrected chi connectivity index (χ2v) is 15.0. The van der Waals surface area contributed by atoms with Gasteiger partial charge in [0.15, 0.2) is 0 Å². The van der Waals surface area contributed by atoms with Gasteiger partial charge in [0.25, 0.3) is 0 Å². The molecule has 40 heavy (non-hydrogen) atoms. The Morgan fingerprint density at radius 1 is 0.975 bits per heavy atom. The van der Waals surface area contributed by atoms with Gasteiger partial charge in [0.2, 0.25) is 9.84 Å². The summed E-state index contributed by atoms with van der Waals surface area (Å²) in [7, 11) is -3.93. The fraction of sp³-hybridized carbons (Fsp3) is 0.345. The van der Waals surface area contributed by atoms with E-state index in [0.717, 1.165) is 5.56 Å². The molecule has 0 aliphatic rings. The number of hydrogen-bond acceptors (Lipinski definition) is 9. The Morgan fingerprint density at radius 3 is 2.25 bits per heavy atom. The Bertz CT molecular complexity index is 1540. The number of ether oxygens (including phenoxy) is 2. The number of hydrazone groups is 1. The number of carbonyl (C=O) groups is 2. The zero-order chi connectivity index (χ0) is 29.9. The number of nitrogens with zero attached hydrogens (tertiary/aromatic N) is 1. The minimum atomic E-state index is -3.93. The third kappa shape index (κ3) is 7.96. The molecule has 0 radical (unpaired) electrons. The standard InChI is InChI=1S/C29H34N2O6S3/c1-18-11-9-14-22(25(32)36-28(2,3)4)24(18)19-12-10-13-21(15-19)40(34,35)23-16-20(39-26(23)38-8)17-30-31-27(33)37-29(5,6)7/h9-17H,1-8H3,(H,31,33). The lowest BCUT2D eigenvalue weighted by Gasteiger charge is -2.21. The normalized spacial score (nSPS) is 12.4. The summed E-state index contributed by atoms with van der Waals surface area (Å²) in [5.41, 5.74) is 3.31. The smallest absolute Gasteiger partial charge is 0.428 e. The molecular formula is C29H34N2O6S3. The van der Waals surface area contributed by atoms with E-state index in [2.05, 4.69) is 10.5 Å². The molecule has 0 fully saturated rings. The Kier molecular flexibility index (Phi) is 9.54. The summed E-state index contributed by atoms with van der Waals surface area (Å²) in [6.07, 6.45) is 2.46. The Balaban J connectivity index is 1.98. The second kappa shape index (κ2) is 12.2. The van der Waals surface area contributed by atoms with Crippen LogP contribution in [-0.2, 0) is 19.3 Å². The maximum absolute atomic E-state index is 13.8. The predicted octanol–water partition coefficient (Wildman–Crippen LogP) is 7.09. The summed E-state index contributed by atoms with van der Waals surface area (Å²) in [5.74, 6) is -0.481. The summed E-state index contributed by atoms with van der Waals surface area (Å²) >= 11 is 2.55. The number of hydrogen-bond donors (Lipinski definition) is 1. The molecule has 1 heterocycles. The molecule has 0 aliphatic heterocycles. The maximum atomic E-state index is 13.8. The van der Waals surface area contributed by atoms with Gasteiger partial charge < -0.3 is 9.47 Å². The molecule has 2 aromatic carbocycles. The molecule has 0 atom stereocenters. The minimum absolute atomic E-state index is 0.0897. The van der Waals surface area contributed by atoms with Crippen molar-refractivity contribution in [3.05, 3.63) is 64.5 Å². The number of thioether (sulfide) groups is 1. The van der Waals surface area contributed by atoms with Crippen molar-refractivity contribution in [2.75, 3.05) is 6.26 Å². The van der Waals surface area contributed by atoms with Crippen molar-refractivity contribution in [2.24, 2.45) is 5.10 Å². The maximum Gasteiger partial charge on any atom is 0.428 e. The lowest BCUT2D eigenvalue weighted by atomic mass is 9.95. The number of aryl methyl sites for hydroxylation is 1. The second-order valence-electron chi connectivity index (χ2n) is 10.9. The van der Waals surface area contributed by atoms with Gasteiger partial charge in [-0.05, 0) is 95.7 Å². The lowest BCUT2D eigenvalue weighted by molar-refractivity contribution is 0.00700. The highest BCUT2D eigenvalue weighted by Gasteiger charge is 2.26. The number of amides is 1. The van der Waals surface area contributed by atoms with Crippen LogP contribution in [0.2, 0.25) is 0 Å². The molecule has 0 spiro atoms. The van der Waals surface area contributed by atoms with Crippen molar-refractivity contribution >= 4 is 51.2 Å².